The summed E-state index contributed by atoms with van der Waals surface area (Å²) in [4.78, 5) is 0.784. The topological polar surface area (TPSA) is 0 Å². The highest BCUT2D eigenvalue weighted by Crippen LogP contribution is 2.36. The van der Waals surface area contributed by atoms with Gasteiger partial charge in [-0.3, -0.25) is 0 Å². The Kier molecular flexibility index (Phi) is 2.57. The summed E-state index contributed by atoms with van der Waals surface area (Å²) in [7, 11) is 0. The van der Waals surface area contributed by atoms with Crippen LogP contribution in [0.3, 0.4) is 0 Å². The normalized spacial score (nSPS) is 24.0. The molecular formula is C8H15Br. The largest absolute Gasteiger partial charge is 0.0885 e. The van der Waals surface area contributed by atoms with Gasteiger partial charge in [-0.1, -0.05) is 36.2 Å². The lowest BCUT2D eigenvalue weighted by molar-refractivity contribution is 0.279. The lowest BCUT2D eigenvalue weighted by Crippen LogP contribution is -2.25. The molecule has 1 heteroatoms. The molecule has 0 aromatic carbocycles. The van der Waals surface area contributed by atoms with E-state index in [4.69, 9.17) is 0 Å². The van der Waals surface area contributed by atoms with Crippen molar-refractivity contribution in [1.82, 2.24) is 0 Å². The zero-order chi connectivity index (χ0) is 6.85. The van der Waals surface area contributed by atoms with Crippen LogP contribution in [0.25, 0.3) is 0 Å². The maximum atomic E-state index is 3.72. The summed E-state index contributed by atoms with van der Waals surface area (Å²) >= 11 is 3.72. The molecule has 54 valence electrons. The van der Waals surface area contributed by atoms with Crippen LogP contribution in [0.1, 0.15) is 33.1 Å². The highest BCUT2D eigenvalue weighted by molar-refractivity contribution is 9.09. The molecule has 1 saturated carbocycles. The molecule has 1 aliphatic rings. The van der Waals surface area contributed by atoms with Gasteiger partial charge >= 0.3 is 0 Å². The summed E-state index contributed by atoms with van der Waals surface area (Å²) in [6.07, 6.45) is 4.36. The summed E-state index contributed by atoms with van der Waals surface area (Å²) in [6.45, 7) is 4.58. The standard InChI is InChI=1S/C8H15Br/c1-6(2)8(9)7-4-3-5-7/h6-8H,3-5H2,1-2H3. The molecule has 1 atom stereocenters. The van der Waals surface area contributed by atoms with Crippen LogP contribution >= 0.6 is 15.9 Å². The predicted molar refractivity (Wildman–Crippen MR) is 44.9 cm³/mol. The molecule has 0 spiro atoms. The maximum Gasteiger partial charge on any atom is 0.0197 e. The quantitative estimate of drug-likeness (QED) is 0.588. The van der Waals surface area contributed by atoms with E-state index >= 15 is 0 Å². The molecule has 0 bridgehead atoms. The van der Waals surface area contributed by atoms with Gasteiger partial charge in [0.05, 0.1) is 0 Å². The van der Waals surface area contributed by atoms with Crippen LogP contribution in [0.2, 0.25) is 0 Å². The molecule has 0 nitrogen and oxygen atoms in total. The van der Waals surface area contributed by atoms with Crippen molar-refractivity contribution in [2.24, 2.45) is 11.8 Å². The zero-order valence-corrected chi connectivity index (χ0v) is 7.82. The lowest BCUT2D eigenvalue weighted by Gasteiger charge is -2.32. The Morgan fingerprint density at radius 3 is 2.00 bits per heavy atom. The van der Waals surface area contributed by atoms with Gasteiger partial charge in [-0.15, -0.1) is 0 Å². The molecule has 0 radical (unpaired) electrons. The Morgan fingerprint density at radius 2 is 1.89 bits per heavy atom. The Hall–Kier alpha value is 0.480. The molecule has 0 N–H and O–H groups in total. The van der Waals surface area contributed by atoms with E-state index in [-0.39, 0.29) is 0 Å². The van der Waals surface area contributed by atoms with Gasteiger partial charge < -0.3 is 0 Å². The van der Waals surface area contributed by atoms with Crippen molar-refractivity contribution >= 4 is 15.9 Å². The van der Waals surface area contributed by atoms with Crippen molar-refractivity contribution in [1.29, 1.82) is 0 Å². The third-order valence-electron chi connectivity index (χ3n) is 2.24. The van der Waals surface area contributed by atoms with E-state index in [0.717, 1.165) is 16.7 Å². The fourth-order valence-corrected chi connectivity index (χ4v) is 1.83. The van der Waals surface area contributed by atoms with Crippen LogP contribution in [0.5, 0.6) is 0 Å². The number of hydrogen-bond donors (Lipinski definition) is 0. The second kappa shape index (κ2) is 3.05. The number of halogens is 1. The second-order valence-electron chi connectivity index (χ2n) is 3.38. The van der Waals surface area contributed by atoms with Crippen molar-refractivity contribution in [3.05, 3.63) is 0 Å². The summed E-state index contributed by atoms with van der Waals surface area (Å²) in [6, 6.07) is 0. The van der Waals surface area contributed by atoms with Gasteiger partial charge in [0.15, 0.2) is 0 Å². The molecule has 1 aliphatic carbocycles. The molecule has 9 heavy (non-hydrogen) atoms. The lowest BCUT2D eigenvalue weighted by atomic mass is 9.80. The van der Waals surface area contributed by atoms with Gasteiger partial charge in [0, 0.05) is 4.83 Å². The van der Waals surface area contributed by atoms with Gasteiger partial charge in [0.1, 0.15) is 0 Å². The zero-order valence-electron chi connectivity index (χ0n) is 6.23. The summed E-state index contributed by atoms with van der Waals surface area (Å²) in [5.74, 6) is 1.81. The van der Waals surface area contributed by atoms with Gasteiger partial charge in [0.2, 0.25) is 0 Å². The molecule has 0 aliphatic heterocycles. The highest BCUT2D eigenvalue weighted by atomic mass is 79.9. The average Bonchev–Trinajstić information content (AvgIpc) is 1.60. The molecule has 1 rings (SSSR count). The number of rotatable bonds is 2. The van der Waals surface area contributed by atoms with E-state index in [1.54, 1.807) is 0 Å². The predicted octanol–water partition coefficient (Wildman–Crippen LogP) is 3.21. The molecule has 0 heterocycles. The van der Waals surface area contributed by atoms with Gasteiger partial charge in [-0.25, -0.2) is 0 Å². The third-order valence-corrected chi connectivity index (χ3v) is 4.04. The monoisotopic (exact) mass is 190 g/mol. The second-order valence-corrected chi connectivity index (χ2v) is 4.44. The first-order chi connectivity index (χ1) is 4.22. The van der Waals surface area contributed by atoms with E-state index in [9.17, 15) is 0 Å². The molecule has 0 amide bonds. The van der Waals surface area contributed by atoms with Crippen molar-refractivity contribution in [3.8, 4) is 0 Å². The van der Waals surface area contributed by atoms with Crippen LogP contribution in [-0.4, -0.2) is 4.83 Å². The Morgan fingerprint density at radius 1 is 1.33 bits per heavy atom. The summed E-state index contributed by atoms with van der Waals surface area (Å²) in [5, 5.41) is 0. The van der Waals surface area contributed by atoms with Crippen LogP contribution < -0.4 is 0 Å². The Labute approximate surface area is 66.2 Å². The first-order valence-electron chi connectivity index (χ1n) is 3.86. The van der Waals surface area contributed by atoms with E-state index in [1.807, 2.05) is 0 Å². The smallest absolute Gasteiger partial charge is 0.0197 e. The van der Waals surface area contributed by atoms with Crippen LogP contribution in [0.15, 0.2) is 0 Å². The average molecular weight is 191 g/mol. The minimum absolute atomic E-state index is 0.784. The van der Waals surface area contributed by atoms with E-state index in [0.29, 0.717) is 0 Å². The molecule has 0 aromatic heterocycles. The molecule has 1 fully saturated rings. The van der Waals surface area contributed by atoms with Crippen molar-refractivity contribution in [3.63, 3.8) is 0 Å². The highest BCUT2D eigenvalue weighted by Gasteiger charge is 2.26. The number of hydrogen-bond acceptors (Lipinski definition) is 0. The van der Waals surface area contributed by atoms with Crippen molar-refractivity contribution in [2.45, 2.75) is 37.9 Å². The minimum atomic E-state index is 0.784. The fraction of sp³-hybridized carbons (Fsp3) is 1.00. The molecule has 0 aromatic rings. The summed E-state index contributed by atoms with van der Waals surface area (Å²) in [5.41, 5.74) is 0. The Bertz CT molecular complexity index is 84.6. The van der Waals surface area contributed by atoms with Crippen LogP contribution in [0.4, 0.5) is 0 Å². The van der Waals surface area contributed by atoms with Gasteiger partial charge in [-0.2, -0.15) is 0 Å². The van der Waals surface area contributed by atoms with E-state index in [2.05, 4.69) is 29.8 Å². The maximum absolute atomic E-state index is 3.72. The van der Waals surface area contributed by atoms with Gasteiger partial charge in [0.25, 0.3) is 0 Å². The summed E-state index contributed by atoms with van der Waals surface area (Å²) < 4.78 is 0. The SMILES string of the molecule is CC(C)C(Br)C1CCC1. The Balaban J connectivity index is 2.23. The minimum Gasteiger partial charge on any atom is -0.0885 e. The van der Waals surface area contributed by atoms with E-state index < -0.39 is 0 Å². The number of alkyl halides is 1. The first kappa shape index (κ1) is 7.59. The molecular weight excluding hydrogens is 176 g/mol. The molecule has 0 saturated heterocycles. The van der Waals surface area contributed by atoms with Crippen molar-refractivity contribution in [2.75, 3.05) is 0 Å². The first-order valence-corrected chi connectivity index (χ1v) is 4.77. The van der Waals surface area contributed by atoms with Crippen LogP contribution in [0, 0.1) is 11.8 Å². The fourth-order valence-electron chi connectivity index (χ4n) is 1.30. The van der Waals surface area contributed by atoms with Crippen LogP contribution in [-0.2, 0) is 0 Å². The van der Waals surface area contributed by atoms with Gasteiger partial charge in [-0.05, 0) is 24.7 Å². The third kappa shape index (κ3) is 1.70. The van der Waals surface area contributed by atoms with Crippen molar-refractivity contribution < 1.29 is 0 Å². The molecule has 1 unspecified atom stereocenters. The van der Waals surface area contributed by atoms with E-state index in [1.165, 1.54) is 19.3 Å².